The summed E-state index contributed by atoms with van der Waals surface area (Å²) < 4.78 is 18.6. The van der Waals surface area contributed by atoms with E-state index in [-0.39, 0.29) is 5.82 Å². The average molecular weight is 252 g/mol. The van der Waals surface area contributed by atoms with Crippen LogP contribution in [0.4, 0.5) is 10.1 Å². The molecule has 0 amide bonds. The number of anilines is 1. The minimum Gasteiger partial charge on any atom is -0.384 e. The molecule has 0 bridgehead atoms. The lowest BCUT2D eigenvalue weighted by molar-refractivity contribution is 0.139. The molecular formula is C14H21FN2O. The molecule has 2 rings (SSSR count). The molecule has 0 radical (unpaired) electrons. The number of halogens is 1. The molecule has 0 atom stereocenters. The summed E-state index contributed by atoms with van der Waals surface area (Å²) in [5, 5.41) is 0. The molecule has 0 saturated carbocycles. The zero-order valence-corrected chi connectivity index (χ0v) is 10.9. The van der Waals surface area contributed by atoms with Crippen LogP contribution in [0.2, 0.25) is 0 Å². The van der Waals surface area contributed by atoms with Crippen molar-refractivity contribution >= 4 is 5.69 Å². The van der Waals surface area contributed by atoms with Crippen LogP contribution in [-0.4, -0.2) is 26.8 Å². The highest BCUT2D eigenvalue weighted by atomic mass is 19.1. The molecule has 1 aliphatic rings. The number of ether oxygens (including phenoxy) is 1. The first kappa shape index (κ1) is 13.3. The van der Waals surface area contributed by atoms with Gasteiger partial charge >= 0.3 is 0 Å². The summed E-state index contributed by atoms with van der Waals surface area (Å²) in [4.78, 5) is 2.23. The highest BCUT2D eigenvalue weighted by molar-refractivity contribution is 5.49. The lowest BCUT2D eigenvalue weighted by atomic mass is 9.97. The molecule has 1 fully saturated rings. The van der Waals surface area contributed by atoms with Crippen molar-refractivity contribution < 1.29 is 9.13 Å². The number of nitrogens with zero attached hydrogens (tertiary/aromatic N) is 1. The molecule has 18 heavy (non-hydrogen) atoms. The van der Waals surface area contributed by atoms with Gasteiger partial charge in [-0.15, -0.1) is 0 Å². The van der Waals surface area contributed by atoms with Crippen molar-refractivity contribution in [2.24, 2.45) is 11.7 Å². The van der Waals surface area contributed by atoms with Crippen LogP contribution >= 0.6 is 0 Å². The minimum absolute atomic E-state index is 0.202. The van der Waals surface area contributed by atoms with Crippen LogP contribution in [0.1, 0.15) is 18.4 Å². The topological polar surface area (TPSA) is 38.5 Å². The molecule has 1 heterocycles. The van der Waals surface area contributed by atoms with Gasteiger partial charge in [-0.2, -0.15) is 0 Å². The van der Waals surface area contributed by atoms with Crippen LogP contribution in [-0.2, 0) is 11.3 Å². The van der Waals surface area contributed by atoms with Crippen molar-refractivity contribution in [3.63, 3.8) is 0 Å². The Morgan fingerprint density at radius 3 is 2.67 bits per heavy atom. The summed E-state index contributed by atoms with van der Waals surface area (Å²) in [7, 11) is 1.74. The first-order valence-electron chi connectivity index (χ1n) is 6.46. The smallest absolute Gasteiger partial charge is 0.125 e. The predicted molar refractivity (Wildman–Crippen MR) is 71.1 cm³/mol. The third-order valence-electron chi connectivity index (χ3n) is 3.56. The van der Waals surface area contributed by atoms with Gasteiger partial charge in [-0.05, 0) is 42.5 Å². The normalized spacial score (nSPS) is 17.2. The van der Waals surface area contributed by atoms with Gasteiger partial charge in [-0.25, -0.2) is 4.39 Å². The van der Waals surface area contributed by atoms with Gasteiger partial charge in [0.15, 0.2) is 0 Å². The van der Waals surface area contributed by atoms with Gasteiger partial charge in [0.2, 0.25) is 0 Å². The summed E-state index contributed by atoms with van der Waals surface area (Å²) in [6.07, 6.45) is 2.20. The van der Waals surface area contributed by atoms with Crippen LogP contribution in [0.5, 0.6) is 0 Å². The molecule has 1 aromatic carbocycles. The SMILES string of the molecule is COCC1CCN(c2cc(F)cc(CN)c2)CC1. The Labute approximate surface area is 108 Å². The molecule has 1 saturated heterocycles. The number of hydrogen-bond acceptors (Lipinski definition) is 3. The van der Waals surface area contributed by atoms with Crippen molar-refractivity contribution in [3.05, 3.63) is 29.6 Å². The zero-order chi connectivity index (χ0) is 13.0. The standard InChI is InChI=1S/C14H21FN2O/c1-18-10-11-2-4-17(5-3-11)14-7-12(9-16)6-13(15)8-14/h6-8,11H,2-5,9-10,16H2,1H3. The number of nitrogens with two attached hydrogens (primary N) is 1. The van der Waals surface area contributed by atoms with Crippen molar-refractivity contribution in [1.29, 1.82) is 0 Å². The third kappa shape index (κ3) is 3.21. The van der Waals surface area contributed by atoms with Gasteiger partial charge in [-0.1, -0.05) is 0 Å². The number of hydrogen-bond donors (Lipinski definition) is 1. The quantitative estimate of drug-likeness (QED) is 0.892. The third-order valence-corrected chi connectivity index (χ3v) is 3.56. The lowest BCUT2D eigenvalue weighted by Gasteiger charge is -2.33. The Morgan fingerprint density at radius 1 is 1.33 bits per heavy atom. The second kappa shape index (κ2) is 6.16. The zero-order valence-electron chi connectivity index (χ0n) is 10.9. The van der Waals surface area contributed by atoms with Gasteiger partial charge < -0.3 is 15.4 Å². The van der Waals surface area contributed by atoms with E-state index < -0.39 is 0 Å². The Bertz CT molecular complexity index is 389. The fourth-order valence-electron chi connectivity index (χ4n) is 2.53. The second-order valence-electron chi connectivity index (χ2n) is 4.91. The lowest BCUT2D eigenvalue weighted by Crippen LogP contribution is -2.35. The van der Waals surface area contributed by atoms with E-state index in [1.54, 1.807) is 13.2 Å². The van der Waals surface area contributed by atoms with Crippen molar-refractivity contribution in [3.8, 4) is 0 Å². The van der Waals surface area contributed by atoms with Gasteiger partial charge in [0.25, 0.3) is 0 Å². The maximum atomic E-state index is 13.5. The van der Waals surface area contributed by atoms with Crippen molar-refractivity contribution in [2.45, 2.75) is 19.4 Å². The summed E-state index contributed by atoms with van der Waals surface area (Å²) in [6, 6.07) is 5.08. The molecule has 3 nitrogen and oxygen atoms in total. The molecule has 100 valence electrons. The van der Waals surface area contributed by atoms with E-state index in [2.05, 4.69) is 4.90 Å². The maximum absolute atomic E-state index is 13.5. The number of benzene rings is 1. The Morgan fingerprint density at radius 2 is 2.06 bits per heavy atom. The Balaban J connectivity index is 2.02. The second-order valence-corrected chi connectivity index (χ2v) is 4.91. The molecular weight excluding hydrogens is 231 g/mol. The van der Waals surface area contributed by atoms with E-state index in [1.165, 1.54) is 6.07 Å². The van der Waals surface area contributed by atoms with E-state index in [1.807, 2.05) is 6.07 Å². The molecule has 0 spiro atoms. The minimum atomic E-state index is -0.202. The largest absolute Gasteiger partial charge is 0.384 e. The first-order valence-corrected chi connectivity index (χ1v) is 6.46. The van der Waals surface area contributed by atoms with Crippen LogP contribution in [0.25, 0.3) is 0 Å². The van der Waals surface area contributed by atoms with Crippen LogP contribution in [0, 0.1) is 11.7 Å². The molecule has 1 aromatic rings. The molecule has 2 N–H and O–H groups in total. The van der Waals surface area contributed by atoms with Crippen molar-refractivity contribution in [1.82, 2.24) is 0 Å². The number of methoxy groups -OCH3 is 1. The fourth-order valence-corrected chi connectivity index (χ4v) is 2.53. The fraction of sp³-hybridized carbons (Fsp3) is 0.571. The molecule has 4 heteroatoms. The van der Waals surface area contributed by atoms with E-state index in [4.69, 9.17) is 10.5 Å². The molecule has 0 aliphatic carbocycles. The average Bonchev–Trinajstić information content (AvgIpc) is 2.39. The molecule has 1 aliphatic heterocycles. The van der Waals surface area contributed by atoms with E-state index >= 15 is 0 Å². The van der Waals surface area contributed by atoms with E-state index in [9.17, 15) is 4.39 Å². The summed E-state index contributed by atoms with van der Waals surface area (Å²) in [5.41, 5.74) is 7.38. The summed E-state index contributed by atoms with van der Waals surface area (Å²) >= 11 is 0. The van der Waals surface area contributed by atoms with Gasteiger partial charge in [0, 0.05) is 39.0 Å². The maximum Gasteiger partial charge on any atom is 0.125 e. The molecule has 0 unspecified atom stereocenters. The van der Waals surface area contributed by atoms with E-state index in [0.717, 1.165) is 43.8 Å². The summed E-state index contributed by atoms with van der Waals surface area (Å²) in [6.45, 7) is 3.12. The Kier molecular flexibility index (Phi) is 4.55. The highest BCUT2D eigenvalue weighted by Crippen LogP contribution is 2.25. The van der Waals surface area contributed by atoms with Gasteiger partial charge in [0.05, 0.1) is 0 Å². The number of piperidine rings is 1. The summed E-state index contributed by atoms with van der Waals surface area (Å²) in [5.74, 6) is 0.431. The van der Waals surface area contributed by atoms with E-state index in [0.29, 0.717) is 12.5 Å². The first-order chi connectivity index (χ1) is 8.72. The Hall–Kier alpha value is -1.13. The predicted octanol–water partition coefficient (Wildman–Crippen LogP) is 2.15. The highest BCUT2D eigenvalue weighted by Gasteiger charge is 2.19. The van der Waals surface area contributed by atoms with Gasteiger partial charge in [0.1, 0.15) is 5.82 Å². The van der Waals surface area contributed by atoms with Crippen LogP contribution in [0.3, 0.4) is 0 Å². The van der Waals surface area contributed by atoms with Crippen LogP contribution < -0.4 is 10.6 Å². The molecule has 0 aromatic heterocycles. The monoisotopic (exact) mass is 252 g/mol. The van der Waals surface area contributed by atoms with Crippen LogP contribution in [0.15, 0.2) is 18.2 Å². The van der Waals surface area contributed by atoms with Gasteiger partial charge in [-0.3, -0.25) is 0 Å². The van der Waals surface area contributed by atoms with Crippen molar-refractivity contribution in [2.75, 3.05) is 31.7 Å². The number of rotatable bonds is 4.